The average Bonchev–Trinajstić information content (AvgIpc) is 2.76. The molecule has 0 radical (unpaired) electrons. The molecule has 0 unspecified atom stereocenters. The van der Waals surface area contributed by atoms with E-state index in [1.807, 2.05) is 28.1 Å². The number of rotatable bonds is 0. The minimum absolute atomic E-state index is 0.528. The molecule has 0 aliphatic heterocycles. The fourth-order valence-corrected chi connectivity index (χ4v) is 2.23. The van der Waals surface area contributed by atoms with Gasteiger partial charge in [-0.3, -0.25) is 4.40 Å². The lowest BCUT2D eigenvalue weighted by Crippen LogP contribution is -2.14. The van der Waals surface area contributed by atoms with E-state index in [9.17, 15) is 0 Å². The fourth-order valence-electron chi connectivity index (χ4n) is 1.53. The van der Waals surface area contributed by atoms with Crippen LogP contribution in [0.25, 0.3) is 16.0 Å². The fraction of sp³-hybridized carbons (Fsp3) is 0. The third-order valence-electron chi connectivity index (χ3n) is 2.17. The lowest BCUT2D eigenvalue weighted by molar-refractivity contribution is 1.05. The molecule has 0 saturated heterocycles. The number of hydrogen-bond acceptors (Lipinski definition) is 5. The first-order valence-corrected chi connectivity index (χ1v) is 5.22. The van der Waals surface area contributed by atoms with Gasteiger partial charge in [0, 0.05) is 17.8 Å². The predicted octanol–water partition coefficient (Wildman–Crippen LogP) is 0.718. The second-order valence-corrected chi connectivity index (χ2v) is 3.87. The molecule has 3 aromatic heterocycles. The Balaban J connectivity index is 2.71. The van der Waals surface area contributed by atoms with Crippen LogP contribution in [0.15, 0.2) is 35.0 Å². The van der Waals surface area contributed by atoms with Crippen molar-refractivity contribution in [3.63, 3.8) is 0 Å². The normalized spacial score (nSPS) is 12.7. The van der Waals surface area contributed by atoms with E-state index in [-0.39, 0.29) is 0 Å². The van der Waals surface area contributed by atoms with E-state index in [4.69, 9.17) is 5.84 Å². The van der Waals surface area contributed by atoms with Gasteiger partial charge in [0.1, 0.15) is 5.65 Å². The summed E-state index contributed by atoms with van der Waals surface area (Å²) in [5, 5.41) is 6.48. The second kappa shape index (κ2) is 3.03. The van der Waals surface area contributed by atoms with Crippen molar-refractivity contribution in [2.45, 2.75) is 0 Å². The zero-order valence-corrected chi connectivity index (χ0v) is 8.48. The molecule has 0 aliphatic carbocycles. The monoisotopic (exact) mass is 217 g/mol. The maximum absolute atomic E-state index is 5.31. The number of fused-ring (bicyclic) bond motifs is 3. The highest BCUT2D eigenvalue weighted by molar-refractivity contribution is 7.15. The van der Waals surface area contributed by atoms with E-state index < -0.39 is 0 Å². The molecule has 0 atom stereocenters. The standard InChI is InChI=1S/C9H7N5S/c10-13-7-6-2-1-3-11-8(6)14-4-5-15-9(14)12-7/h1-5H,10H2/b13-7+. The quantitative estimate of drug-likeness (QED) is 0.445. The van der Waals surface area contributed by atoms with Gasteiger partial charge in [0.05, 0.1) is 5.39 Å². The van der Waals surface area contributed by atoms with Crippen LogP contribution in [0.1, 0.15) is 0 Å². The molecule has 0 aromatic carbocycles. The summed E-state index contributed by atoms with van der Waals surface area (Å²) >= 11 is 1.53. The van der Waals surface area contributed by atoms with Gasteiger partial charge in [0.15, 0.2) is 10.4 Å². The molecule has 0 aliphatic rings. The number of hydrogen-bond donors (Lipinski definition) is 1. The van der Waals surface area contributed by atoms with Crippen molar-refractivity contribution < 1.29 is 0 Å². The lowest BCUT2D eigenvalue weighted by Gasteiger charge is -1.99. The van der Waals surface area contributed by atoms with Crippen molar-refractivity contribution in [2.75, 3.05) is 0 Å². The van der Waals surface area contributed by atoms with E-state index >= 15 is 0 Å². The summed E-state index contributed by atoms with van der Waals surface area (Å²) in [6.07, 6.45) is 3.68. The average molecular weight is 217 g/mol. The van der Waals surface area contributed by atoms with Crippen molar-refractivity contribution in [1.82, 2.24) is 14.4 Å². The highest BCUT2D eigenvalue weighted by Crippen LogP contribution is 2.12. The van der Waals surface area contributed by atoms with Gasteiger partial charge in [-0.1, -0.05) is 0 Å². The summed E-state index contributed by atoms with van der Waals surface area (Å²) in [5.74, 6) is 5.31. The SMILES string of the molecule is N/N=c1/nc2sccn2c2ncccc12. The van der Waals surface area contributed by atoms with Gasteiger partial charge in [-0.05, 0) is 12.1 Å². The molecule has 0 amide bonds. The van der Waals surface area contributed by atoms with Crippen LogP contribution in [-0.4, -0.2) is 14.4 Å². The molecule has 2 N–H and O–H groups in total. The third kappa shape index (κ3) is 1.11. The van der Waals surface area contributed by atoms with Gasteiger partial charge in [-0.15, -0.1) is 11.3 Å². The van der Waals surface area contributed by atoms with E-state index in [1.165, 1.54) is 11.3 Å². The molecule has 15 heavy (non-hydrogen) atoms. The van der Waals surface area contributed by atoms with Gasteiger partial charge in [-0.2, -0.15) is 10.1 Å². The van der Waals surface area contributed by atoms with E-state index in [2.05, 4.69) is 15.1 Å². The highest BCUT2D eigenvalue weighted by Gasteiger charge is 2.04. The Labute approximate surface area is 88.5 Å². The third-order valence-corrected chi connectivity index (χ3v) is 2.93. The van der Waals surface area contributed by atoms with Gasteiger partial charge in [0.2, 0.25) is 0 Å². The van der Waals surface area contributed by atoms with Crippen LogP contribution < -0.4 is 11.3 Å². The zero-order chi connectivity index (χ0) is 10.3. The smallest absolute Gasteiger partial charge is 0.197 e. The first-order valence-electron chi connectivity index (χ1n) is 4.34. The molecule has 0 spiro atoms. The van der Waals surface area contributed by atoms with E-state index in [0.29, 0.717) is 5.49 Å². The maximum atomic E-state index is 5.31. The Morgan fingerprint density at radius 1 is 1.47 bits per heavy atom. The Kier molecular flexibility index (Phi) is 1.69. The van der Waals surface area contributed by atoms with E-state index in [0.717, 1.165) is 16.0 Å². The van der Waals surface area contributed by atoms with Crippen LogP contribution >= 0.6 is 11.3 Å². The topological polar surface area (TPSA) is 68.6 Å². The summed E-state index contributed by atoms with van der Waals surface area (Å²) in [6.45, 7) is 0. The highest BCUT2D eigenvalue weighted by atomic mass is 32.1. The summed E-state index contributed by atoms with van der Waals surface area (Å²) in [4.78, 5) is 9.47. The summed E-state index contributed by atoms with van der Waals surface area (Å²) in [6, 6.07) is 3.75. The summed E-state index contributed by atoms with van der Waals surface area (Å²) in [5.41, 5.74) is 1.36. The van der Waals surface area contributed by atoms with Gasteiger partial charge in [-0.25, -0.2) is 4.98 Å². The first kappa shape index (κ1) is 8.37. The number of pyridine rings is 1. The minimum atomic E-state index is 0.528. The molecule has 0 fully saturated rings. The van der Waals surface area contributed by atoms with Crippen LogP contribution in [0.4, 0.5) is 0 Å². The van der Waals surface area contributed by atoms with Crippen LogP contribution in [-0.2, 0) is 0 Å². The molecule has 74 valence electrons. The first-order chi connectivity index (χ1) is 7.40. The van der Waals surface area contributed by atoms with Gasteiger partial charge < -0.3 is 5.84 Å². The largest absolute Gasteiger partial charge is 0.321 e. The molecule has 3 aromatic rings. The Bertz CT molecular complexity index is 696. The number of aromatic nitrogens is 3. The van der Waals surface area contributed by atoms with Crippen molar-refractivity contribution in [1.29, 1.82) is 0 Å². The Hall–Kier alpha value is -1.95. The molecule has 5 nitrogen and oxygen atoms in total. The summed E-state index contributed by atoms with van der Waals surface area (Å²) < 4.78 is 1.93. The number of thiazole rings is 1. The molecular weight excluding hydrogens is 210 g/mol. The molecule has 0 bridgehead atoms. The molecular formula is C9H7N5S. The molecule has 3 rings (SSSR count). The van der Waals surface area contributed by atoms with Crippen LogP contribution in [0.3, 0.4) is 0 Å². The van der Waals surface area contributed by atoms with Gasteiger partial charge in [0.25, 0.3) is 0 Å². The lowest BCUT2D eigenvalue weighted by atomic mass is 10.3. The predicted molar refractivity (Wildman–Crippen MR) is 58.1 cm³/mol. The van der Waals surface area contributed by atoms with E-state index in [1.54, 1.807) is 6.20 Å². The van der Waals surface area contributed by atoms with Crippen LogP contribution in [0.5, 0.6) is 0 Å². The number of nitrogens with zero attached hydrogens (tertiary/aromatic N) is 4. The Morgan fingerprint density at radius 3 is 3.27 bits per heavy atom. The zero-order valence-electron chi connectivity index (χ0n) is 7.66. The number of nitrogens with two attached hydrogens (primary N) is 1. The molecule has 6 heteroatoms. The van der Waals surface area contributed by atoms with Crippen molar-refractivity contribution in [2.24, 2.45) is 10.9 Å². The second-order valence-electron chi connectivity index (χ2n) is 2.99. The molecule has 0 saturated carbocycles. The van der Waals surface area contributed by atoms with Crippen LogP contribution in [0, 0.1) is 0 Å². The van der Waals surface area contributed by atoms with Crippen molar-refractivity contribution in [3.8, 4) is 0 Å². The minimum Gasteiger partial charge on any atom is -0.321 e. The van der Waals surface area contributed by atoms with Crippen LogP contribution in [0.2, 0.25) is 0 Å². The molecule has 3 heterocycles. The van der Waals surface area contributed by atoms with Gasteiger partial charge >= 0.3 is 0 Å². The summed E-state index contributed by atoms with van der Waals surface area (Å²) in [7, 11) is 0. The Morgan fingerprint density at radius 2 is 2.40 bits per heavy atom. The van der Waals surface area contributed by atoms with Crippen molar-refractivity contribution in [3.05, 3.63) is 35.4 Å². The maximum Gasteiger partial charge on any atom is 0.197 e. The van der Waals surface area contributed by atoms with Crippen molar-refractivity contribution >= 4 is 27.3 Å².